The Balaban J connectivity index is 0.000000107. The van der Waals surface area contributed by atoms with Crippen LogP contribution in [0.25, 0.3) is 100 Å². The number of imidazole rings is 3. The smallest absolute Gasteiger partial charge is 0.338 e. The molecular weight excluding hydrogens is 1110 g/mol. The van der Waals surface area contributed by atoms with Crippen molar-refractivity contribution in [2.24, 2.45) is 17.8 Å². The Bertz CT molecular complexity index is 4900. The maximum atomic E-state index is 12.3. The van der Waals surface area contributed by atoms with E-state index in [0.29, 0.717) is 35.8 Å². The molecule has 19 nitrogen and oxygen atoms in total. The van der Waals surface area contributed by atoms with Gasteiger partial charge in [-0.05, 0) is 129 Å². The number of nitrogens with one attached hydrogen (secondary N) is 2. The molecule has 0 saturated heterocycles. The predicted molar refractivity (Wildman–Crippen MR) is 340 cm³/mol. The number of carboxylic acid groups (broad SMARTS) is 2. The highest BCUT2D eigenvalue weighted by Gasteiger charge is 2.33. The quantitative estimate of drug-likeness (QED) is 0.0841. The average molecular weight is 1170 g/mol. The summed E-state index contributed by atoms with van der Waals surface area (Å²) in [5.74, 6) is 2.56. The second-order valence-corrected chi connectivity index (χ2v) is 24.5. The van der Waals surface area contributed by atoms with Crippen molar-refractivity contribution in [2.45, 2.75) is 84.7 Å². The first-order valence-corrected chi connectivity index (χ1v) is 30.6. The van der Waals surface area contributed by atoms with Crippen molar-refractivity contribution in [1.29, 1.82) is 0 Å². The number of aromatic carboxylic acids is 2. The van der Waals surface area contributed by atoms with Gasteiger partial charge in [0.1, 0.15) is 0 Å². The SMILES string of the molecule is CC(=O)N1CCn2c(-c3cc4ccccc4n3CC3CC3)nc3cc(C(=O)O)cc1c32.COC(=O)c1cc2c3c(c1)nc(-c1cc4ccccc4n1CC1CC1)n3CCN2.O=C(O)c1cc2c3c(c1)nc(-c1cc4ccccc4n1CC1CC1)n3CCN2. The van der Waals surface area contributed by atoms with Crippen LogP contribution < -0.4 is 15.5 Å². The van der Waals surface area contributed by atoms with Gasteiger partial charge in [-0.15, -0.1) is 0 Å². The minimum absolute atomic E-state index is 0.0966. The molecule has 0 bridgehead atoms. The van der Waals surface area contributed by atoms with E-state index in [1.165, 1.54) is 85.3 Å². The number of rotatable bonds is 12. The molecule has 0 radical (unpaired) electrons. The minimum Gasteiger partial charge on any atom is -0.478 e. The lowest BCUT2D eigenvalue weighted by Crippen LogP contribution is -2.35. The summed E-state index contributed by atoms with van der Waals surface area (Å²) < 4.78 is 18.8. The zero-order chi connectivity index (χ0) is 59.6. The van der Waals surface area contributed by atoms with E-state index in [4.69, 9.17) is 19.7 Å². The van der Waals surface area contributed by atoms with E-state index in [2.05, 4.69) is 123 Å². The highest BCUT2D eigenvalue weighted by atomic mass is 16.5. The van der Waals surface area contributed by atoms with Crippen LogP contribution in [0.5, 0.6) is 0 Å². The molecule has 9 heterocycles. The lowest BCUT2D eigenvalue weighted by atomic mass is 10.1. The van der Waals surface area contributed by atoms with Gasteiger partial charge in [-0.2, -0.15) is 0 Å². The zero-order valence-electron chi connectivity index (χ0n) is 48.9. The summed E-state index contributed by atoms with van der Waals surface area (Å²) >= 11 is 0. The van der Waals surface area contributed by atoms with Crippen LogP contribution >= 0.6 is 0 Å². The predicted octanol–water partition coefficient (Wildman–Crippen LogP) is 12.6. The van der Waals surface area contributed by atoms with Crippen LogP contribution in [-0.4, -0.2) is 103 Å². The Hall–Kier alpha value is -10.2. The average Bonchev–Trinajstić information content (AvgIpc) is 1.66. The lowest BCUT2D eigenvalue weighted by Gasteiger charge is -2.28. The number of benzene rings is 6. The molecular formula is C69H64N12O7. The van der Waals surface area contributed by atoms with Gasteiger partial charge < -0.3 is 57.9 Å². The van der Waals surface area contributed by atoms with Crippen LogP contribution in [0, 0.1) is 17.8 Å². The Kier molecular flexibility index (Phi) is 12.6. The van der Waals surface area contributed by atoms with Crippen LogP contribution in [0.3, 0.4) is 0 Å². The van der Waals surface area contributed by atoms with Crippen molar-refractivity contribution in [3.8, 4) is 34.6 Å². The molecule has 0 atom stereocenters. The largest absolute Gasteiger partial charge is 0.478 e. The summed E-state index contributed by atoms with van der Waals surface area (Å²) in [5.41, 5.74) is 15.4. The van der Waals surface area contributed by atoms with Gasteiger partial charge in [-0.25, -0.2) is 29.3 Å². The fraction of sp³-hybridized carbons (Fsp3) is 0.290. The molecule has 1 amide bonds. The fourth-order valence-corrected chi connectivity index (χ4v) is 13.7. The van der Waals surface area contributed by atoms with Gasteiger partial charge in [0.05, 0.1) is 91.0 Å². The first-order chi connectivity index (χ1) is 42.9. The van der Waals surface area contributed by atoms with E-state index in [1.54, 1.807) is 29.2 Å². The highest BCUT2D eigenvalue weighted by Crippen LogP contribution is 2.43. The van der Waals surface area contributed by atoms with Crippen molar-refractivity contribution in [2.75, 3.05) is 42.3 Å². The number of amides is 1. The van der Waals surface area contributed by atoms with Gasteiger partial charge >= 0.3 is 17.9 Å². The standard InChI is InChI=1S/C24H22N4O3.C23H22N4O2.C22H20N4O2/c1-14(29)26-8-9-27-22-18(10-17(24(30)31)12-20(22)26)25-23(27)21-11-16-4-2-3-5-19(16)28(21)13-15-6-7-15;1-29-23(28)16-10-17-21-18(11-16)25-22(26(21)9-8-24-17)20-12-15-4-2-3-5-19(15)27(20)13-14-6-7-14;27-22(28)15-9-16-20-17(10-15)24-21(25(20)8-7-23-16)19-11-14-3-1-2-4-18(14)26(19)12-13-5-6-13/h2-5,10-12,15H,6-9,13H2,1H3,(H,30,31);2-5,10-12,14,24H,6-9,13H2,1H3;1-4,9-11,13,23H,5-8,12H2,(H,27,28). The summed E-state index contributed by atoms with van der Waals surface area (Å²) in [4.78, 5) is 64.1. The third kappa shape index (κ3) is 9.20. The molecule has 442 valence electrons. The number of methoxy groups -OCH3 is 1. The summed E-state index contributed by atoms with van der Waals surface area (Å²) in [6.07, 6.45) is 7.69. The van der Waals surface area contributed by atoms with Gasteiger partial charge in [-0.3, -0.25) is 4.79 Å². The van der Waals surface area contributed by atoms with Crippen LogP contribution in [0.2, 0.25) is 0 Å². The topological polar surface area (TPSA) is 214 Å². The third-order valence-electron chi connectivity index (χ3n) is 18.5. The first-order valence-electron chi connectivity index (χ1n) is 30.6. The summed E-state index contributed by atoms with van der Waals surface area (Å²) in [5, 5.41) is 29.5. The second kappa shape index (κ2) is 20.8. The number of anilines is 3. The van der Waals surface area contributed by atoms with Gasteiger partial charge in [0.2, 0.25) is 5.91 Å². The summed E-state index contributed by atoms with van der Waals surface area (Å²) in [7, 11) is 1.41. The Morgan fingerprint density at radius 3 is 1.28 bits per heavy atom. The van der Waals surface area contributed by atoms with Crippen molar-refractivity contribution >= 4 is 107 Å². The third-order valence-corrected chi connectivity index (χ3v) is 18.5. The highest BCUT2D eigenvalue weighted by molar-refractivity contribution is 6.07. The van der Waals surface area contributed by atoms with Crippen LogP contribution in [0.1, 0.15) is 76.5 Å². The monoisotopic (exact) mass is 1170 g/mol. The van der Waals surface area contributed by atoms with E-state index < -0.39 is 11.9 Å². The first kappa shape index (κ1) is 53.3. The Morgan fingerprint density at radius 1 is 0.489 bits per heavy atom. The normalized spacial score (nSPS) is 15.7. The van der Waals surface area contributed by atoms with E-state index in [9.17, 15) is 29.4 Å². The van der Waals surface area contributed by atoms with Gasteiger partial charge in [0.15, 0.2) is 17.5 Å². The van der Waals surface area contributed by atoms with Gasteiger partial charge in [0.25, 0.3) is 0 Å². The molecule has 0 spiro atoms. The number of ether oxygens (including phenoxy) is 1. The maximum absolute atomic E-state index is 12.3. The molecule has 4 N–H and O–H groups in total. The number of esters is 1. The molecule has 3 aliphatic carbocycles. The Morgan fingerprint density at radius 2 is 0.875 bits per heavy atom. The number of hydrogen-bond donors (Lipinski definition) is 4. The van der Waals surface area contributed by atoms with E-state index in [1.807, 2.05) is 18.2 Å². The summed E-state index contributed by atoms with van der Waals surface area (Å²) in [6.45, 7) is 8.86. The molecule has 18 rings (SSSR count). The van der Waals surface area contributed by atoms with E-state index in [0.717, 1.165) is 131 Å². The zero-order valence-corrected chi connectivity index (χ0v) is 48.9. The minimum atomic E-state index is -1.02. The molecule has 88 heavy (non-hydrogen) atoms. The molecule has 6 aromatic heterocycles. The number of nitrogens with zero attached hydrogens (tertiary/aromatic N) is 10. The Labute approximate surface area is 504 Å². The number of hydrogen-bond acceptors (Lipinski definition) is 10. The van der Waals surface area contributed by atoms with Gasteiger partial charge in [0, 0.05) is 98.5 Å². The van der Waals surface area contributed by atoms with Gasteiger partial charge in [-0.1, -0.05) is 54.6 Å². The lowest BCUT2D eigenvalue weighted by molar-refractivity contribution is -0.116. The molecule has 3 saturated carbocycles. The van der Waals surface area contributed by atoms with Crippen molar-refractivity contribution in [1.82, 2.24) is 42.4 Å². The van der Waals surface area contributed by atoms with Crippen molar-refractivity contribution in [3.05, 3.63) is 144 Å². The molecule has 0 unspecified atom stereocenters. The molecule has 3 aliphatic heterocycles. The maximum Gasteiger partial charge on any atom is 0.338 e. The molecule has 3 fully saturated rings. The molecule has 6 aliphatic rings. The van der Waals surface area contributed by atoms with Crippen molar-refractivity contribution in [3.63, 3.8) is 0 Å². The molecule has 12 aromatic rings. The number of fused-ring (bicyclic) bond motifs is 3. The molecule has 6 aromatic carbocycles. The van der Waals surface area contributed by atoms with Crippen molar-refractivity contribution < 1.29 is 34.1 Å². The van der Waals surface area contributed by atoms with Crippen LogP contribution in [-0.2, 0) is 48.8 Å². The van der Waals surface area contributed by atoms with Crippen LogP contribution in [0.4, 0.5) is 17.1 Å². The number of carbonyl (C=O) groups is 4. The van der Waals surface area contributed by atoms with E-state index >= 15 is 0 Å². The fourth-order valence-electron chi connectivity index (χ4n) is 13.7. The number of para-hydroxylation sites is 3. The number of carboxylic acids is 2. The van der Waals surface area contributed by atoms with Crippen LogP contribution in [0.15, 0.2) is 127 Å². The summed E-state index contributed by atoms with van der Waals surface area (Å²) in [6, 6.07) is 42.4. The molecule has 19 heteroatoms. The number of aromatic nitrogens is 9. The van der Waals surface area contributed by atoms with E-state index in [-0.39, 0.29) is 23.0 Å². The number of carbonyl (C=O) groups excluding carboxylic acids is 2. The second-order valence-electron chi connectivity index (χ2n) is 24.5.